The molecule has 1 N–H and O–H groups in total. The Labute approximate surface area is 127 Å². The number of thioether (sulfide) groups is 1. The molecule has 6 heteroatoms. The molecule has 0 atom stereocenters. The fraction of sp³-hybridized carbons (Fsp3) is 0.267. The van der Waals surface area contributed by atoms with Gasteiger partial charge in [0.2, 0.25) is 5.91 Å². The Balaban J connectivity index is 1.97. The molecule has 1 amide bonds. The first-order chi connectivity index (χ1) is 9.97. The molecule has 0 radical (unpaired) electrons. The number of aromatic nitrogens is 2. The van der Waals surface area contributed by atoms with Crippen LogP contribution in [0.4, 0.5) is 10.1 Å². The second kappa shape index (κ2) is 6.67. The second-order valence-corrected chi connectivity index (χ2v) is 5.56. The third kappa shape index (κ3) is 4.01. The van der Waals surface area contributed by atoms with Gasteiger partial charge in [0.1, 0.15) is 5.82 Å². The third-order valence-corrected chi connectivity index (χ3v) is 3.94. The van der Waals surface area contributed by atoms with Crippen molar-refractivity contribution in [1.82, 2.24) is 9.97 Å². The monoisotopic (exact) mass is 305 g/mol. The highest BCUT2D eigenvalue weighted by atomic mass is 32.2. The quantitative estimate of drug-likeness (QED) is 0.696. The van der Waals surface area contributed by atoms with Gasteiger partial charge in [0, 0.05) is 11.4 Å². The highest BCUT2D eigenvalue weighted by Crippen LogP contribution is 2.18. The molecular formula is C15H16FN3OS. The summed E-state index contributed by atoms with van der Waals surface area (Å²) in [6.07, 6.45) is 0. The van der Waals surface area contributed by atoms with Gasteiger partial charge in [-0.3, -0.25) is 4.79 Å². The molecule has 1 aromatic heterocycles. The molecule has 2 aromatic rings. The van der Waals surface area contributed by atoms with E-state index < -0.39 is 5.82 Å². The molecule has 0 saturated carbocycles. The minimum Gasteiger partial charge on any atom is -0.323 e. The van der Waals surface area contributed by atoms with Gasteiger partial charge in [-0.1, -0.05) is 23.9 Å². The first-order valence-electron chi connectivity index (χ1n) is 6.46. The Bertz CT molecular complexity index is 653. The molecule has 1 aromatic carbocycles. The van der Waals surface area contributed by atoms with Crippen LogP contribution in [-0.2, 0) is 4.79 Å². The maximum atomic E-state index is 13.4. The molecule has 4 nitrogen and oxygen atoms in total. The number of amides is 1. The van der Waals surface area contributed by atoms with Crippen LogP contribution < -0.4 is 5.32 Å². The van der Waals surface area contributed by atoms with E-state index in [9.17, 15) is 9.18 Å². The number of hydrogen-bond acceptors (Lipinski definition) is 4. The minimum atomic E-state index is -0.450. The van der Waals surface area contributed by atoms with Crippen LogP contribution >= 0.6 is 11.8 Å². The van der Waals surface area contributed by atoms with Gasteiger partial charge < -0.3 is 5.32 Å². The summed E-state index contributed by atoms with van der Waals surface area (Å²) in [4.78, 5) is 20.5. The number of hydrogen-bond donors (Lipinski definition) is 1. The van der Waals surface area contributed by atoms with Crippen LogP contribution in [0.15, 0.2) is 29.4 Å². The highest BCUT2D eigenvalue weighted by Gasteiger charge is 2.10. The number of nitrogens with one attached hydrogen (secondary N) is 1. The number of carbonyl (C=O) groups is 1. The highest BCUT2D eigenvalue weighted by molar-refractivity contribution is 7.99. The van der Waals surface area contributed by atoms with Gasteiger partial charge in [0.25, 0.3) is 0 Å². The first-order valence-corrected chi connectivity index (χ1v) is 7.45. The van der Waals surface area contributed by atoms with Crippen molar-refractivity contribution in [2.75, 3.05) is 11.1 Å². The Morgan fingerprint density at radius 2 is 1.81 bits per heavy atom. The molecule has 0 aliphatic heterocycles. The predicted molar refractivity (Wildman–Crippen MR) is 82.0 cm³/mol. The SMILES string of the molecule is Cc1nc(SCC(=O)Nc2ccccc2F)nc(C)c1C. The van der Waals surface area contributed by atoms with Crippen LogP contribution in [0.2, 0.25) is 0 Å². The maximum Gasteiger partial charge on any atom is 0.234 e. The van der Waals surface area contributed by atoms with Crippen molar-refractivity contribution >= 4 is 23.4 Å². The van der Waals surface area contributed by atoms with E-state index in [-0.39, 0.29) is 17.3 Å². The average Bonchev–Trinajstić information content (AvgIpc) is 2.45. The summed E-state index contributed by atoms with van der Waals surface area (Å²) in [5.74, 6) is -0.602. The minimum absolute atomic E-state index is 0.135. The Morgan fingerprint density at radius 3 is 2.43 bits per heavy atom. The van der Waals surface area contributed by atoms with Gasteiger partial charge in [0.15, 0.2) is 5.16 Å². The lowest BCUT2D eigenvalue weighted by Crippen LogP contribution is -2.15. The number of carbonyl (C=O) groups excluding carboxylic acids is 1. The van der Waals surface area contributed by atoms with Crippen LogP contribution in [0.3, 0.4) is 0 Å². The molecule has 0 spiro atoms. The van der Waals surface area contributed by atoms with Gasteiger partial charge in [-0.2, -0.15) is 0 Å². The van der Waals surface area contributed by atoms with Crippen molar-refractivity contribution in [3.05, 3.63) is 47.0 Å². The standard InChI is InChI=1S/C15H16FN3OS/c1-9-10(2)17-15(18-11(9)3)21-8-14(20)19-13-7-5-4-6-12(13)16/h4-7H,8H2,1-3H3,(H,19,20). The number of nitrogens with zero attached hydrogens (tertiary/aromatic N) is 2. The number of halogens is 1. The average molecular weight is 305 g/mol. The van der Waals surface area contributed by atoms with E-state index in [1.807, 2.05) is 20.8 Å². The summed E-state index contributed by atoms with van der Waals surface area (Å²) >= 11 is 1.23. The van der Waals surface area contributed by atoms with Crippen LogP contribution in [-0.4, -0.2) is 21.6 Å². The topological polar surface area (TPSA) is 54.9 Å². The van der Waals surface area contributed by atoms with Crippen LogP contribution in [0.5, 0.6) is 0 Å². The molecule has 0 aliphatic rings. The molecule has 21 heavy (non-hydrogen) atoms. The van der Waals surface area contributed by atoms with E-state index in [0.717, 1.165) is 17.0 Å². The summed E-state index contributed by atoms with van der Waals surface area (Å²) in [5, 5.41) is 3.09. The van der Waals surface area contributed by atoms with Gasteiger partial charge in [-0.15, -0.1) is 0 Å². The van der Waals surface area contributed by atoms with E-state index in [4.69, 9.17) is 0 Å². The van der Waals surface area contributed by atoms with E-state index in [1.54, 1.807) is 12.1 Å². The molecule has 110 valence electrons. The maximum absolute atomic E-state index is 13.4. The van der Waals surface area contributed by atoms with Crippen molar-refractivity contribution in [1.29, 1.82) is 0 Å². The third-order valence-electron chi connectivity index (χ3n) is 3.09. The molecule has 0 fully saturated rings. The fourth-order valence-corrected chi connectivity index (χ4v) is 2.42. The van der Waals surface area contributed by atoms with Gasteiger partial charge in [-0.25, -0.2) is 14.4 Å². The number of rotatable bonds is 4. The van der Waals surface area contributed by atoms with E-state index in [1.165, 1.54) is 23.9 Å². The first kappa shape index (κ1) is 15.4. The predicted octanol–water partition coefficient (Wildman–Crippen LogP) is 3.27. The fourth-order valence-electron chi connectivity index (χ4n) is 1.68. The summed E-state index contributed by atoms with van der Waals surface area (Å²) in [7, 11) is 0. The molecule has 0 aliphatic carbocycles. The lowest BCUT2D eigenvalue weighted by atomic mass is 10.2. The molecule has 0 unspecified atom stereocenters. The van der Waals surface area contributed by atoms with Crippen molar-refractivity contribution in [3.8, 4) is 0 Å². The number of anilines is 1. The lowest BCUT2D eigenvalue weighted by molar-refractivity contribution is -0.113. The van der Waals surface area contributed by atoms with Crippen molar-refractivity contribution in [3.63, 3.8) is 0 Å². The van der Waals surface area contributed by atoms with Crippen molar-refractivity contribution in [2.24, 2.45) is 0 Å². The number of para-hydroxylation sites is 1. The Kier molecular flexibility index (Phi) is 4.90. The Hall–Kier alpha value is -1.95. The summed E-state index contributed by atoms with van der Waals surface area (Å²) in [6, 6.07) is 6.07. The number of aryl methyl sites for hydroxylation is 2. The normalized spacial score (nSPS) is 10.5. The lowest BCUT2D eigenvalue weighted by Gasteiger charge is -2.07. The summed E-state index contributed by atoms with van der Waals surface area (Å²) in [6.45, 7) is 5.78. The zero-order valence-corrected chi connectivity index (χ0v) is 12.9. The van der Waals surface area contributed by atoms with Crippen LogP contribution in [0.25, 0.3) is 0 Å². The second-order valence-electron chi connectivity index (χ2n) is 4.62. The zero-order valence-electron chi connectivity index (χ0n) is 12.1. The van der Waals surface area contributed by atoms with Gasteiger partial charge >= 0.3 is 0 Å². The van der Waals surface area contributed by atoms with Gasteiger partial charge in [-0.05, 0) is 38.5 Å². The van der Waals surface area contributed by atoms with Gasteiger partial charge in [0.05, 0.1) is 11.4 Å². The Morgan fingerprint density at radius 1 is 1.19 bits per heavy atom. The van der Waals surface area contributed by atoms with Crippen molar-refractivity contribution in [2.45, 2.75) is 25.9 Å². The molecule has 0 bridgehead atoms. The van der Waals surface area contributed by atoms with Crippen LogP contribution in [0, 0.1) is 26.6 Å². The van der Waals surface area contributed by atoms with E-state index in [0.29, 0.717) is 5.16 Å². The largest absolute Gasteiger partial charge is 0.323 e. The molecular weight excluding hydrogens is 289 g/mol. The molecule has 0 saturated heterocycles. The van der Waals surface area contributed by atoms with E-state index >= 15 is 0 Å². The zero-order chi connectivity index (χ0) is 15.4. The summed E-state index contributed by atoms with van der Waals surface area (Å²) < 4.78 is 13.4. The van der Waals surface area contributed by atoms with Crippen LogP contribution in [0.1, 0.15) is 17.0 Å². The van der Waals surface area contributed by atoms with Crippen molar-refractivity contribution < 1.29 is 9.18 Å². The van der Waals surface area contributed by atoms with E-state index in [2.05, 4.69) is 15.3 Å². The smallest absolute Gasteiger partial charge is 0.234 e. The molecule has 1 heterocycles. The number of benzene rings is 1. The summed E-state index contributed by atoms with van der Waals surface area (Å²) in [5.41, 5.74) is 3.04. The molecule has 2 rings (SSSR count).